The molecule has 0 aliphatic heterocycles. The number of aromatic hydroxyl groups is 4. The lowest BCUT2D eigenvalue weighted by atomic mass is 9.62. The SMILES string of the molecule is Cc1cc(CC(CC(CC(Cc2cc(C)c(O)c(C(C)(C)C)c2)C(=O)O)(CC(Cc2cc(C)c(O)c(C(C)(C)C)c2)C(=O)O)CC(Cc2cc(C)c(O)c(C(C)(C)C)c2)C(=O)O)C(=O)O)cc(C(C)(C)C)c1O. The molecule has 12 nitrogen and oxygen atoms in total. The van der Waals surface area contributed by atoms with Gasteiger partial charge in [-0.3, -0.25) is 19.2 Å². The molecule has 4 aromatic rings. The highest BCUT2D eigenvalue weighted by atomic mass is 16.4. The number of phenols is 4. The maximum Gasteiger partial charge on any atom is 0.306 e. The first-order valence-electron chi connectivity index (χ1n) is 25.5. The van der Waals surface area contributed by atoms with Crippen molar-refractivity contribution in [1.29, 1.82) is 0 Å². The standard InChI is InChI=1S/C61H84O12/c1-33-17-37(25-45(49(33)62)57(5,6)7)21-41(53(66)67)29-61(30-42(54(68)69)22-38-18-34(2)50(63)46(26-38)58(8,9)10,31-43(55(70)71)23-39-19-35(3)51(64)47(27-39)59(11,12)13)32-44(56(72)73)24-40-20-36(4)52(65)48(28-40)60(14,15)16/h17-20,25-28,41-44,62-65H,21-24,29-32H2,1-16H3,(H,66,67)(H,68,69)(H,70,71)(H,72,73). The molecule has 0 aliphatic carbocycles. The molecule has 0 spiro atoms. The predicted octanol–water partition coefficient (Wildman–Crippen LogP) is 12.6. The predicted molar refractivity (Wildman–Crippen MR) is 286 cm³/mol. The summed E-state index contributed by atoms with van der Waals surface area (Å²) >= 11 is 0. The lowest BCUT2D eigenvalue weighted by Gasteiger charge is -2.42. The number of hydrogen-bond donors (Lipinski definition) is 8. The van der Waals surface area contributed by atoms with Crippen LogP contribution in [0.5, 0.6) is 23.0 Å². The molecule has 4 rings (SSSR count). The lowest BCUT2D eigenvalue weighted by Crippen LogP contribution is -2.40. The molecule has 0 aliphatic rings. The van der Waals surface area contributed by atoms with E-state index in [0.717, 1.165) is 0 Å². The van der Waals surface area contributed by atoms with Crippen molar-refractivity contribution in [2.75, 3.05) is 0 Å². The molecule has 73 heavy (non-hydrogen) atoms. The van der Waals surface area contributed by atoms with Crippen molar-refractivity contribution in [3.8, 4) is 23.0 Å². The zero-order chi connectivity index (χ0) is 55.7. The molecule has 0 saturated heterocycles. The molecule has 0 fully saturated rings. The van der Waals surface area contributed by atoms with Crippen LogP contribution in [0.1, 0.15) is 176 Å². The Morgan fingerprint density at radius 2 is 0.507 bits per heavy atom. The number of carboxylic acids is 4. The topological polar surface area (TPSA) is 230 Å². The van der Waals surface area contributed by atoms with E-state index in [0.29, 0.717) is 66.8 Å². The number of carbonyl (C=O) groups is 4. The average Bonchev–Trinajstić information content (AvgIpc) is 3.22. The molecule has 0 heterocycles. The second-order valence-corrected chi connectivity index (χ2v) is 25.5. The fourth-order valence-electron chi connectivity index (χ4n) is 10.9. The number of benzene rings is 4. The van der Waals surface area contributed by atoms with E-state index in [2.05, 4.69) is 0 Å². The van der Waals surface area contributed by atoms with Crippen molar-refractivity contribution in [2.24, 2.45) is 29.1 Å². The van der Waals surface area contributed by atoms with Gasteiger partial charge in [0.05, 0.1) is 23.7 Å². The smallest absolute Gasteiger partial charge is 0.306 e. The van der Waals surface area contributed by atoms with Gasteiger partial charge in [-0.1, -0.05) is 132 Å². The third kappa shape index (κ3) is 15.0. The third-order valence-electron chi connectivity index (χ3n) is 14.7. The normalized spacial score (nSPS) is 15.0. The second-order valence-electron chi connectivity index (χ2n) is 25.5. The highest BCUT2D eigenvalue weighted by Crippen LogP contribution is 2.49. The van der Waals surface area contributed by atoms with Crippen LogP contribution in [0, 0.1) is 56.8 Å². The van der Waals surface area contributed by atoms with Gasteiger partial charge in [0.25, 0.3) is 0 Å². The van der Waals surface area contributed by atoms with Crippen molar-refractivity contribution in [1.82, 2.24) is 0 Å². The zero-order valence-corrected chi connectivity index (χ0v) is 46.3. The quantitative estimate of drug-likeness (QED) is 0.0413. The molecule has 0 bridgehead atoms. The molecule has 4 unspecified atom stereocenters. The summed E-state index contributed by atoms with van der Waals surface area (Å²) in [5.41, 5.74) is 3.05. The Labute approximate surface area is 433 Å². The van der Waals surface area contributed by atoms with E-state index in [1.165, 1.54) is 0 Å². The zero-order valence-electron chi connectivity index (χ0n) is 46.3. The average molecular weight is 1010 g/mol. The number of aliphatic carboxylic acids is 4. The molecule has 12 heteroatoms. The number of aryl methyl sites for hydroxylation is 4. The van der Waals surface area contributed by atoms with E-state index in [-0.39, 0.29) is 74.4 Å². The summed E-state index contributed by atoms with van der Waals surface area (Å²) in [7, 11) is 0. The van der Waals surface area contributed by atoms with Crippen LogP contribution >= 0.6 is 0 Å². The second kappa shape index (κ2) is 22.2. The van der Waals surface area contributed by atoms with Crippen molar-refractivity contribution in [2.45, 2.75) is 184 Å². The van der Waals surface area contributed by atoms with E-state index < -0.39 is 74.6 Å². The summed E-state index contributed by atoms with van der Waals surface area (Å²) in [6.45, 7) is 30.0. The summed E-state index contributed by atoms with van der Waals surface area (Å²) in [6.07, 6.45) is -1.63. The van der Waals surface area contributed by atoms with Gasteiger partial charge in [0.15, 0.2) is 0 Å². The first-order chi connectivity index (χ1) is 33.2. The number of hydrogen-bond acceptors (Lipinski definition) is 8. The maximum atomic E-state index is 13.9. The van der Waals surface area contributed by atoms with Gasteiger partial charge in [-0.15, -0.1) is 0 Å². The highest BCUT2D eigenvalue weighted by molar-refractivity contribution is 5.74. The Balaban J connectivity index is 2.10. The minimum atomic E-state index is -1.60. The van der Waals surface area contributed by atoms with Gasteiger partial charge in [0.2, 0.25) is 0 Å². The van der Waals surface area contributed by atoms with Crippen molar-refractivity contribution in [3.05, 3.63) is 115 Å². The Morgan fingerprint density at radius 3 is 0.644 bits per heavy atom. The highest BCUT2D eigenvalue weighted by Gasteiger charge is 2.45. The molecule has 4 atom stereocenters. The summed E-state index contributed by atoms with van der Waals surface area (Å²) in [5.74, 6) is -9.80. The Bertz CT molecular complexity index is 2330. The monoisotopic (exact) mass is 1010 g/mol. The van der Waals surface area contributed by atoms with Gasteiger partial charge in [-0.05, 0) is 173 Å². The van der Waals surface area contributed by atoms with Gasteiger partial charge < -0.3 is 40.9 Å². The summed E-state index contributed by atoms with van der Waals surface area (Å²) in [4.78, 5) is 55.5. The van der Waals surface area contributed by atoms with Crippen molar-refractivity contribution in [3.63, 3.8) is 0 Å². The molecule has 8 N–H and O–H groups in total. The Morgan fingerprint density at radius 1 is 0.342 bits per heavy atom. The van der Waals surface area contributed by atoms with E-state index >= 15 is 0 Å². The first kappa shape index (κ1) is 59.5. The first-order valence-corrected chi connectivity index (χ1v) is 25.5. The molecule has 0 saturated carbocycles. The molecule has 0 radical (unpaired) electrons. The summed E-state index contributed by atoms with van der Waals surface area (Å²) in [6, 6.07) is 13.9. The Hall–Kier alpha value is -6.04. The van der Waals surface area contributed by atoms with Gasteiger partial charge in [-0.2, -0.15) is 0 Å². The molecule has 400 valence electrons. The maximum absolute atomic E-state index is 13.9. The van der Waals surface area contributed by atoms with Crippen LogP contribution in [0.4, 0.5) is 0 Å². The van der Waals surface area contributed by atoms with Gasteiger partial charge in [0.1, 0.15) is 23.0 Å². The van der Waals surface area contributed by atoms with Crippen LogP contribution in [0.2, 0.25) is 0 Å². The fourth-order valence-corrected chi connectivity index (χ4v) is 10.9. The molecule has 4 aromatic carbocycles. The third-order valence-corrected chi connectivity index (χ3v) is 14.7. The minimum Gasteiger partial charge on any atom is -0.507 e. The fraction of sp³-hybridized carbons (Fsp3) is 0.541. The minimum absolute atomic E-state index is 0.0765. The van der Waals surface area contributed by atoms with Crippen LogP contribution in [0.3, 0.4) is 0 Å². The van der Waals surface area contributed by atoms with Crippen LogP contribution in [0.25, 0.3) is 0 Å². The van der Waals surface area contributed by atoms with Crippen molar-refractivity contribution >= 4 is 23.9 Å². The molecule has 0 amide bonds. The van der Waals surface area contributed by atoms with Crippen LogP contribution in [-0.4, -0.2) is 64.7 Å². The summed E-state index contributed by atoms with van der Waals surface area (Å²) < 4.78 is 0. The number of carboxylic acid groups (broad SMARTS) is 4. The Kier molecular flexibility index (Phi) is 18.1. The van der Waals surface area contributed by atoms with Crippen LogP contribution in [0.15, 0.2) is 48.5 Å². The van der Waals surface area contributed by atoms with E-state index in [1.807, 2.05) is 83.1 Å². The largest absolute Gasteiger partial charge is 0.507 e. The van der Waals surface area contributed by atoms with Crippen LogP contribution < -0.4 is 0 Å². The van der Waals surface area contributed by atoms with Gasteiger partial charge in [-0.25, -0.2) is 0 Å². The number of rotatable bonds is 20. The molecular weight excluding hydrogens is 925 g/mol. The number of phenolic OH excluding ortho intramolecular Hbond substituents is 4. The van der Waals surface area contributed by atoms with Crippen molar-refractivity contribution < 1.29 is 60.0 Å². The molecular formula is C61H84O12. The van der Waals surface area contributed by atoms with Crippen LogP contribution in [-0.2, 0) is 66.5 Å². The summed E-state index contributed by atoms with van der Waals surface area (Å²) in [5, 5.41) is 89.9. The lowest BCUT2D eigenvalue weighted by molar-refractivity contribution is -0.147. The van der Waals surface area contributed by atoms with E-state index in [4.69, 9.17) is 0 Å². The van der Waals surface area contributed by atoms with E-state index in [9.17, 15) is 60.0 Å². The molecule has 0 aromatic heterocycles. The van der Waals surface area contributed by atoms with Gasteiger partial charge >= 0.3 is 23.9 Å². The van der Waals surface area contributed by atoms with Gasteiger partial charge in [0, 0.05) is 0 Å². The van der Waals surface area contributed by atoms with E-state index in [1.54, 1.807) is 76.2 Å².